The Morgan fingerprint density at radius 3 is 2.32 bits per heavy atom. The number of hydrogen-bond acceptors (Lipinski definition) is 0. The van der Waals surface area contributed by atoms with Gasteiger partial charge in [-0.05, 0) is 51.8 Å². The largest absolute Gasteiger partial charge is 0.0626 e. The van der Waals surface area contributed by atoms with E-state index in [1.54, 1.807) is 5.57 Å². The predicted molar refractivity (Wildman–Crippen MR) is 84.6 cm³/mol. The van der Waals surface area contributed by atoms with Crippen molar-refractivity contribution in [3.05, 3.63) is 52.6 Å². The van der Waals surface area contributed by atoms with Gasteiger partial charge < -0.3 is 0 Å². The molecule has 0 fully saturated rings. The van der Waals surface area contributed by atoms with Crippen LogP contribution in [0, 0.1) is 5.92 Å². The lowest BCUT2D eigenvalue weighted by Crippen LogP contribution is -1.93. The lowest BCUT2D eigenvalue weighted by molar-refractivity contribution is 0.755. The van der Waals surface area contributed by atoms with Crippen molar-refractivity contribution in [2.75, 3.05) is 0 Å². The van der Waals surface area contributed by atoms with Gasteiger partial charge in [-0.25, -0.2) is 0 Å². The van der Waals surface area contributed by atoms with Gasteiger partial charge in [-0.3, -0.25) is 0 Å². The first kappa shape index (κ1) is 12.5. The van der Waals surface area contributed by atoms with Crippen LogP contribution in [0.5, 0.6) is 0 Å². The first-order valence-electron chi connectivity index (χ1n) is 7.31. The molecule has 3 rings (SSSR count). The fourth-order valence-corrected chi connectivity index (χ4v) is 2.87. The minimum Gasteiger partial charge on any atom is -0.0626 e. The predicted octanol–water partition coefficient (Wildman–Crippen LogP) is 5.56. The molecule has 0 heteroatoms. The van der Waals surface area contributed by atoms with E-state index in [1.807, 2.05) is 0 Å². The van der Waals surface area contributed by atoms with E-state index < -0.39 is 0 Å². The number of rotatable bonds is 2. The maximum Gasteiger partial charge on any atom is -0.00550 e. The van der Waals surface area contributed by atoms with Gasteiger partial charge in [0.15, 0.2) is 0 Å². The third-order valence-corrected chi connectivity index (χ3v) is 4.27. The Balaban J connectivity index is 2.09. The molecule has 0 saturated carbocycles. The second-order valence-corrected chi connectivity index (χ2v) is 6.36. The van der Waals surface area contributed by atoms with Gasteiger partial charge in [0.1, 0.15) is 0 Å². The molecule has 2 aromatic rings. The molecule has 19 heavy (non-hydrogen) atoms. The SMILES string of the molecule is CC(C)C1=Cc2cc3ccc(C(C)C)cc3cc2C1. The number of fused-ring (bicyclic) bond motifs is 2. The minimum atomic E-state index is 0.599. The molecule has 1 aliphatic rings. The van der Waals surface area contributed by atoms with E-state index in [0.717, 1.165) is 6.42 Å². The van der Waals surface area contributed by atoms with Gasteiger partial charge in [-0.15, -0.1) is 0 Å². The molecular weight excluding hydrogens is 228 g/mol. The van der Waals surface area contributed by atoms with E-state index in [-0.39, 0.29) is 0 Å². The third-order valence-electron chi connectivity index (χ3n) is 4.27. The molecule has 1 aliphatic carbocycles. The van der Waals surface area contributed by atoms with Gasteiger partial charge in [0.2, 0.25) is 0 Å². The monoisotopic (exact) mass is 250 g/mol. The van der Waals surface area contributed by atoms with Crippen molar-refractivity contribution in [1.29, 1.82) is 0 Å². The van der Waals surface area contributed by atoms with E-state index in [2.05, 4.69) is 64.1 Å². The Bertz CT molecular complexity index is 657. The van der Waals surface area contributed by atoms with Crippen LogP contribution < -0.4 is 0 Å². The zero-order chi connectivity index (χ0) is 13.6. The molecule has 0 aromatic heterocycles. The van der Waals surface area contributed by atoms with Gasteiger partial charge in [0.25, 0.3) is 0 Å². The molecule has 0 heterocycles. The molecule has 0 unspecified atom stereocenters. The topological polar surface area (TPSA) is 0 Å². The van der Waals surface area contributed by atoms with Crippen molar-refractivity contribution < 1.29 is 0 Å². The van der Waals surface area contributed by atoms with Crippen LogP contribution in [0.3, 0.4) is 0 Å². The summed E-state index contributed by atoms with van der Waals surface area (Å²) >= 11 is 0. The number of benzene rings is 2. The van der Waals surface area contributed by atoms with E-state index in [9.17, 15) is 0 Å². The van der Waals surface area contributed by atoms with Crippen LogP contribution in [-0.2, 0) is 6.42 Å². The van der Waals surface area contributed by atoms with E-state index in [1.165, 1.54) is 27.5 Å². The second kappa shape index (κ2) is 4.52. The molecule has 2 aromatic carbocycles. The fraction of sp³-hybridized carbons (Fsp3) is 0.368. The van der Waals surface area contributed by atoms with Crippen molar-refractivity contribution in [2.24, 2.45) is 5.92 Å². The molecule has 0 N–H and O–H groups in total. The molecule has 0 nitrogen and oxygen atoms in total. The van der Waals surface area contributed by atoms with Gasteiger partial charge >= 0.3 is 0 Å². The lowest BCUT2D eigenvalue weighted by Gasteiger charge is -2.09. The average Bonchev–Trinajstić information content (AvgIpc) is 2.78. The summed E-state index contributed by atoms with van der Waals surface area (Å²) in [6, 6.07) is 11.6. The normalized spacial score (nSPS) is 14.3. The molecule has 98 valence electrons. The summed E-state index contributed by atoms with van der Waals surface area (Å²) < 4.78 is 0. The quantitative estimate of drug-likeness (QED) is 0.654. The summed E-state index contributed by atoms with van der Waals surface area (Å²) in [5.41, 5.74) is 5.92. The summed E-state index contributed by atoms with van der Waals surface area (Å²) in [7, 11) is 0. The standard InChI is InChI=1S/C19H22/c1-12(2)14-5-6-15-8-18-9-16(13(3)4)10-19(18)11-17(15)7-14/h5-9,11-13H,10H2,1-4H3. The van der Waals surface area contributed by atoms with Crippen molar-refractivity contribution in [3.63, 3.8) is 0 Å². The third kappa shape index (κ3) is 2.20. The Morgan fingerprint density at radius 2 is 1.63 bits per heavy atom. The number of allylic oxidation sites excluding steroid dienone is 1. The highest BCUT2D eigenvalue weighted by atomic mass is 14.2. The highest BCUT2D eigenvalue weighted by Gasteiger charge is 2.15. The molecule has 0 bridgehead atoms. The van der Waals surface area contributed by atoms with Crippen LogP contribution in [0.15, 0.2) is 35.9 Å². The van der Waals surface area contributed by atoms with Crippen LogP contribution in [0.1, 0.15) is 50.3 Å². The van der Waals surface area contributed by atoms with Crippen molar-refractivity contribution in [2.45, 2.75) is 40.0 Å². The van der Waals surface area contributed by atoms with E-state index >= 15 is 0 Å². The molecule has 0 radical (unpaired) electrons. The lowest BCUT2D eigenvalue weighted by atomic mass is 9.96. The Hall–Kier alpha value is -1.56. The van der Waals surface area contributed by atoms with Gasteiger partial charge in [0, 0.05) is 0 Å². The van der Waals surface area contributed by atoms with E-state index in [0.29, 0.717) is 11.8 Å². The smallest absolute Gasteiger partial charge is 0.00550 e. The minimum absolute atomic E-state index is 0.599. The molecule has 0 amide bonds. The van der Waals surface area contributed by atoms with Crippen molar-refractivity contribution >= 4 is 16.8 Å². The summed E-state index contributed by atoms with van der Waals surface area (Å²) in [4.78, 5) is 0. The van der Waals surface area contributed by atoms with Crippen molar-refractivity contribution in [1.82, 2.24) is 0 Å². The van der Waals surface area contributed by atoms with Crippen LogP contribution in [0.25, 0.3) is 16.8 Å². The van der Waals surface area contributed by atoms with Crippen LogP contribution in [0.4, 0.5) is 0 Å². The zero-order valence-corrected chi connectivity index (χ0v) is 12.3. The van der Waals surface area contributed by atoms with Crippen LogP contribution in [0.2, 0.25) is 0 Å². The van der Waals surface area contributed by atoms with Crippen LogP contribution in [-0.4, -0.2) is 0 Å². The van der Waals surface area contributed by atoms with Gasteiger partial charge in [-0.2, -0.15) is 0 Å². The van der Waals surface area contributed by atoms with Crippen LogP contribution >= 0.6 is 0 Å². The Morgan fingerprint density at radius 1 is 0.842 bits per heavy atom. The first-order valence-corrected chi connectivity index (χ1v) is 7.31. The Kier molecular flexibility index (Phi) is 2.97. The highest BCUT2D eigenvalue weighted by Crippen LogP contribution is 2.33. The van der Waals surface area contributed by atoms with E-state index in [4.69, 9.17) is 0 Å². The summed E-state index contributed by atoms with van der Waals surface area (Å²) in [5.74, 6) is 1.25. The molecular formula is C19H22. The maximum atomic E-state index is 2.39. The molecule has 0 atom stereocenters. The molecule has 0 spiro atoms. The van der Waals surface area contributed by atoms with Gasteiger partial charge in [-0.1, -0.05) is 63.6 Å². The average molecular weight is 250 g/mol. The summed E-state index contributed by atoms with van der Waals surface area (Å²) in [5, 5.41) is 2.76. The fourth-order valence-electron chi connectivity index (χ4n) is 2.87. The second-order valence-electron chi connectivity index (χ2n) is 6.36. The summed E-state index contributed by atoms with van der Waals surface area (Å²) in [6.45, 7) is 9.09. The molecule has 0 saturated heterocycles. The van der Waals surface area contributed by atoms with Gasteiger partial charge in [0.05, 0.1) is 0 Å². The molecule has 0 aliphatic heterocycles. The highest BCUT2D eigenvalue weighted by molar-refractivity contribution is 5.88. The summed E-state index contributed by atoms with van der Waals surface area (Å²) in [6.07, 6.45) is 3.52. The maximum absolute atomic E-state index is 2.39. The first-order chi connectivity index (χ1) is 9.04. The Labute approximate surface area is 116 Å². The number of hydrogen-bond donors (Lipinski definition) is 0. The zero-order valence-electron chi connectivity index (χ0n) is 12.3. The van der Waals surface area contributed by atoms with Crippen molar-refractivity contribution in [3.8, 4) is 0 Å².